The molecule has 1 N–H and O–H groups in total. The number of carboxylic acids is 1. The molecular weight excluding hydrogens is 380 g/mol. The molecule has 0 bridgehead atoms. The van der Waals surface area contributed by atoms with E-state index in [0.29, 0.717) is 22.7 Å². The number of carbonyl (C=O) groups is 2. The summed E-state index contributed by atoms with van der Waals surface area (Å²) in [6, 6.07) is 6.23. The van der Waals surface area contributed by atoms with Crippen LogP contribution in [0, 0.1) is 5.92 Å². The first-order valence-corrected chi connectivity index (χ1v) is 11.3. The van der Waals surface area contributed by atoms with Crippen molar-refractivity contribution in [3.05, 3.63) is 35.4 Å². The fourth-order valence-electron chi connectivity index (χ4n) is 2.22. The van der Waals surface area contributed by atoms with Crippen molar-refractivity contribution in [1.82, 2.24) is 0 Å². The van der Waals surface area contributed by atoms with Crippen molar-refractivity contribution >= 4 is 35.3 Å². The summed E-state index contributed by atoms with van der Waals surface area (Å²) in [6.45, 7) is 13.1. The molecule has 27 heavy (non-hydrogen) atoms. The highest BCUT2D eigenvalue weighted by Gasteiger charge is 2.23. The standard InChI is InChI=1S/C21H32O4S2/c1-14(2)26-12-18(13-27-15(3)11-25-21(4,5)6)19(22)16-7-9-17(10-8-16)20(23)24/h7-10,14-15,18H,11-13H2,1-6H3,(H,23,24). The van der Waals surface area contributed by atoms with Gasteiger partial charge in [0.05, 0.1) is 17.8 Å². The lowest BCUT2D eigenvalue weighted by atomic mass is 10.00. The minimum absolute atomic E-state index is 0.0801. The van der Waals surface area contributed by atoms with Crippen LogP contribution in [0.15, 0.2) is 24.3 Å². The highest BCUT2D eigenvalue weighted by Crippen LogP contribution is 2.25. The number of ether oxygens (including phenoxy) is 1. The summed E-state index contributed by atoms with van der Waals surface area (Å²) in [4.78, 5) is 24.0. The number of carboxylic acid groups (broad SMARTS) is 1. The van der Waals surface area contributed by atoms with Gasteiger partial charge in [-0.2, -0.15) is 23.5 Å². The van der Waals surface area contributed by atoms with Crippen LogP contribution in [-0.4, -0.2) is 51.1 Å². The lowest BCUT2D eigenvalue weighted by Crippen LogP contribution is -2.26. The van der Waals surface area contributed by atoms with E-state index in [-0.39, 0.29) is 22.9 Å². The number of Topliss-reactive ketones (excluding diaryl/α,β-unsaturated/α-hetero) is 1. The molecule has 0 aliphatic heterocycles. The fraction of sp³-hybridized carbons (Fsp3) is 0.619. The molecule has 0 saturated carbocycles. The van der Waals surface area contributed by atoms with Gasteiger partial charge in [0.15, 0.2) is 5.78 Å². The SMILES string of the molecule is CC(C)SCC(CSC(C)COC(C)(C)C)C(=O)c1ccc(C(=O)O)cc1. The molecule has 1 aromatic rings. The average Bonchev–Trinajstić information content (AvgIpc) is 2.58. The van der Waals surface area contributed by atoms with Crippen molar-refractivity contribution in [3.63, 3.8) is 0 Å². The van der Waals surface area contributed by atoms with Gasteiger partial charge in [0.25, 0.3) is 0 Å². The molecule has 1 aromatic carbocycles. The Balaban J connectivity index is 2.74. The predicted molar refractivity (Wildman–Crippen MR) is 116 cm³/mol. The Morgan fingerprint density at radius 2 is 1.52 bits per heavy atom. The first kappa shape index (κ1) is 24.1. The number of rotatable bonds is 11. The van der Waals surface area contributed by atoms with Crippen molar-refractivity contribution < 1.29 is 19.4 Å². The summed E-state index contributed by atoms with van der Waals surface area (Å²) in [5.74, 6) is 0.487. The number of ketones is 1. The minimum atomic E-state index is -0.982. The van der Waals surface area contributed by atoms with E-state index in [9.17, 15) is 9.59 Å². The van der Waals surface area contributed by atoms with Gasteiger partial charge in [0, 0.05) is 28.2 Å². The maximum atomic E-state index is 13.0. The molecule has 2 unspecified atom stereocenters. The van der Waals surface area contributed by atoms with E-state index in [1.165, 1.54) is 12.1 Å². The van der Waals surface area contributed by atoms with E-state index in [4.69, 9.17) is 9.84 Å². The number of carbonyl (C=O) groups excluding carboxylic acids is 1. The molecule has 1 rings (SSSR count). The molecule has 0 amide bonds. The van der Waals surface area contributed by atoms with Crippen LogP contribution in [0.4, 0.5) is 0 Å². The van der Waals surface area contributed by atoms with E-state index in [0.717, 1.165) is 11.5 Å². The van der Waals surface area contributed by atoms with Crippen molar-refractivity contribution in [2.45, 2.75) is 57.6 Å². The quantitative estimate of drug-likeness (QED) is 0.500. The topological polar surface area (TPSA) is 63.6 Å². The Morgan fingerprint density at radius 3 is 2.00 bits per heavy atom. The van der Waals surface area contributed by atoms with Crippen LogP contribution >= 0.6 is 23.5 Å². The van der Waals surface area contributed by atoms with E-state index in [1.807, 2.05) is 20.8 Å². The molecule has 6 heteroatoms. The third kappa shape index (κ3) is 9.67. The Morgan fingerprint density at radius 1 is 1.00 bits per heavy atom. The number of hydrogen-bond acceptors (Lipinski definition) is 5. The van der Waals surface area contributed by atoms with E-state index in [2.05, 4.69) is 20.8 Å². The zero-order valence-corrected chi connectivity index (χ0v) is 18.8. The summed E-state index contributed by atoms with van der Waals surface area (Å²) in [5.41, 5.74) is 0.610. The highest BCUT2D eigenvalue weighted by atomic mass is 32.2. The zero-order chi connectivity index (χ0) is 20.6. The average molecular weight is 413 g/mol. The van der Waals surface area contributed by atoms with Crippen LogP contribution in [0.3, 0.4) is 0 Å². The lowest BCUT2D eigenvalue weighted by Gasteiger charge is -2.23. The molecule has 0 aliphatic rings. The molecule has 152 valence electrons. The largest absolute Gasteiger partial charge is 0.478 e. The van der Waals surface area contributed by atoms with Gasteiger partial charge in [0.1, 0.15) is 0 Å². The second-order valence-corrected chi connectivity index (χ2v) is 11.0. The lowest BCUT2D eigenvalue weighted by molar-refractivity contribution is -0.000448. The first-order valence-electron chi connectivity index (χ1n) is 9.24. The summed E-state index contributed by atoms with van der Waals surface area (Å²) < 4.78 is 5.84. The molecule has 2 atom stereocenters. The second kappa shape index (κ2) is 11.1. The normalized spacial score (nSPS) is 14.2. The molecular formula is C21H32O4S2. The predicted octanol–water partition coefficient (Wildman–Crippen LogP) is 5.26. The van der Waals surface area contributed by atoms with Gasteiger partial charge >= 0.3 is 5.97 Å². The molecule has 0 aromatic heterocycles. The van der Waals surface area contributed by atoms with Crippen LogP contribution < -0.4 is 0 Å². The second-order valence-electron chi connectivity index (χ2n) is 7.89. The highest BCUT2D eigenvalue weighted by molar-refractivity contribution is 8.00. The monoisotopic (exact) mass is 412 g/mol. The van der Waals surface area contributed by atoms with Crippen LogP contribution in [-0.2, 0) is 4.74 Å². The third-order valence-electron chi connectivity index (χ3n) is 3.75. The van der Waals surface area contributed by atoms with Gasteiger partial charge in [0.2, 0.25) is 0 Å². The molecule has 0 radical (unpaired) electrons. The summed E-state index contributed by atoms with van der Waals surface area (Å²) in [6.07, 6.45) is 0. The zero-order valence-electron chi connectivity index (χ0n) is 17.2. The van der Waals surface area contributed by atoms with Gasteiger partial charge in [-0.25, -0.2) is 4.79 Å². The Bertz CT molecular complexity index is 606. The van der Waals surface area contributed by atoms with Crippen LogP contribution in [0.1, 0.15) is 62.3 Å². The van der Waals surface area contributed by atoms with Crippen LogP contribution in [0.5, 0.6) is 0 Å². The first-order chi connectivity index (χ1) is 12.5. The maximum Gasteiger partial charge on any atom is 0.335 e. The van der Waals surface area contributed by atoms with Crippen molar-refractivity contribution in [2.75, 3.05) is 18.1 Å². The van der Waals surface area contributed by atoms with Crippen LogP contribution in [0.2, 0.25) is 0 Å². The van der Waals surface area contributed by atoms with Gasteiger partial charge in [-0.15, -0.1) is 0 Å². The number of benzene rings is 1. The van der Waals surface area contributed by atoms with Gasteiger partial charge in [-0.3, -0.25) is 4.79 Å². The molecule has 0 heterocycles. The van der Waals surface area contributed by atoms with Gasteiger partial charge in [-0.05, 0) is 38.2 Å². The number of hydrogen-bond donors (Lipinski definition) is 1. The molecule has 0 fully saturated rings. The summed E-state index contributed by atoms with van der Waals surface area (Å²) >= 11 is 3.53. The van der Waals surface area contributed by atoms with Gasteiger partial charge < -0.3 is 9.84 Å². The minimum Gasteiger partial charge on any atom is -0.478 e. The number of aromatic carboxylic acids is 1. The van der Waals surface area contributed by atoms with E-state index in [1.54, 1.807) is 35.7 Å². The smallest absolute Gasteiger partial charge is 0.335 e. The van der Waals surface area contributed by atoms with Crippen molar-refractivity contribution in [1.29, 1.82) is 0 Å². The maximum absolute atomic E-state index is 13.0. The molecule has 0 saturated heterocycles. The van der Waals surface area contributed by atoms with Crippen LogP contribution in [0.25, 0.3) is 0 Å². The van der Waals surface area contributed by atoms with E-state index < -0.39 is 5.97 Å². The Hall–Kier alpha value is -0.980. The summed E-state index contributed by atoms with van der Waals surface area (Å²) in [7, 11) is 0. The molecule has 4 nitrogen and oxygen atoms in total. The van der Waals surface area contributed by atoms with Crippen molar-refractivity contribution in [2.24, 2.45) is 5.92 Å². The third-order valence-corrected chi connectivity index (χ3v) is 6.31. The van der Waals surface area contributed by atoms with Gasteiger partial charge in [-0.1, -0.05) is 32.9 Å². The summed E-state index contributed by atoms with van der Waals surface area (Å²) in [5, 5.41) is 9.78. The van der Waals surface area contributed by atoms with E-state index >= 15 is 0 Å². The fourth-order valence-corrected chi connectivity index (χ4v) is 4.25. The Labute approximate surface area is 171 Å². The number of thioether (sulfide) groups is 2. The van der Waals surface area contributed by atoms with Crippen molar-refractivity contribution in [3.8, 4) is 0 Å². The molecule has 0 aliphatic carbocycles. The molecule has 0 spiro atoms. The Kier molecular flexibility index (Phi) is 9.91.